The molecule has 210 valence electrons. The van der Waals surface area contributed by atoms with Crippen LogP contribution in [0.25, 0.3) is 68.2 Å². The van der Waals surface area contributed by atoms with Gasteiger partial charge in [-0.3, -0.25) is 9.55 Å². The molecule has 0 spiro atoms. The second kappa shape index (κ2) is 11.7. The van der Waals surface area contributed by atoms with Crippen LogP contribution in [0.1, 0.15) is 11.1 Å². The van der Waals surface area contributed by atoms with Crippen molar-refractivity contribution >= 4 is 16.8 Å². The minimum Gasteiger partial charge on any atom is -0.272 e. The number of hydrogen-bond donors (Lipinski definition) is 0. The zero-order chi connectivity index (χ0) is 29.9. The van der Waals surface area contributed by atoms with Crippen LogP contribution in [0.5, 0.6) is 0 Å². The highest BCUT2D eigenvalue weighted by molar-refractivity contribution is 5.94. The predicted molar refractivity (Wildman–Crippen MR) is 178 cm³/mol. The molecule has 0 radical (unpaired) electrons. The molecular formula is C38H28N6. The van der Waals surface area contributed by atoms with Crippen molar-refractivity contribution in [3.05, 3.63) is 151 Å². The summed E-state index contributed by atoms with van der Waals surface area (Å²) in [6, 6.07) is 38.5. The van der Waals surface area contributed by atoms with Gasteiger partial charge in [0.05, 0.1) is 17.1 Å². The lowest BCUT2D eigenvalue weighted by Gasteiger charge is -2.12. The van der Waals surface area contributed by atoms with Crippen LogP contribution in [-0.2, 0) is 0 Å². The Hall–Kier alpha value is -6.01. The number of nitrogens with zero attached hydrogens (tertiary/aromatic N) is 6. The first-order chi connectivity index (χ1) is 21.7. The lowest BCUT2D eigenvalue weighted by molar-refractivity contribution is 1.05. The third-order valence-corrected chi connectivity index (χ3v) is 7.54. The minimum absolute atomic E-state index is 0.623. The van der Waals surface area contributed by atoms with Gasteiger partial charge in [-0.05, 0) is 83.4 Å². The molecule has 0 aliphatic heterocycles. The van der Waals surface area contributed by atoms with Crippen LogP contribution < -0.4 is 0 Å². The number of aromatic nitrogens is 6. The van der Waals surface area contributed by atoms with Crippen molar-refractivity contribution < 1.29 is 0 Å². The number of para-hydroxylation sites is 1. The van der Waals surface area contributed by atoms with E-state index < -0.39 is 0 Å². The Bertz CT molecular complexity index is 2150. The molecule has 0 aliphatic rings. The van der Waals surface area contributed by atoms with Crippen molar-refractivity contribution in [2.45, 2.75) is 6.92 Å². The molecule has 0 bridgehead atoms. The molecule has 0 aliphatic carbocycles. The van der Waals surface area contributed by atoms with Gasteiger partial charge in [-0.1, -0.05) is 85.5 Å². The van der Waals surface area contributed by atoms with Crippen molar-refractivity contribution in [3.8, 4) is 51.4 Å². The summed E-state index contributed by atoms with van der Waals surface area (Å²) in [5, 5.41) is 11.6. The van der Waals surface area contributed by atoms with Crippen LogP contribution in [0, 0.1) is 6.92 Å². The quantitative estimate of drug-likeness (QED) is 0.180. The molecule has 0 fully saturated rings. The molecule has 4 aromatic heterocycles. The van der Waals surface area contributed by atoms with Gasteiger partial charge in [0.1, 0.15) is 11.4 Å². The molecule has 0 atom stereocenters. The molecule has 6 nitrogen and oxygen atoms in total. The van der Waals surface area contributed by atoms with Gasteiger partial charge in [0.2, 0.25) is 0 Å². The van der Waals surface area contributed by atoms with Gasteiger partial charge in [0.25, 0.3) is 0 Å². The summed E-state index contributed by atoms with van der Waals surface area (Å²) < 4.78 is 2.01. The van der Waals surface area contributed by atoms with Crippen molar-refractivity contribution in [2.75, 3.05) is 0 Å². The van der Waals surface area contributed by atoms with Crippen LogP contribution in [0.3, 0.4) is 0 Å². The molecule has 4 heterocycles. The summed E-state index contributed by atoms with van der Waals surface area (Å²) >= 11 is 0. The highest BCUT2D eigenvalue weighted by Crippen LogP contribution is 2.31. The minimum atomic E-state index is 0.623. The van der Waals surface area contributed by atoms with E-state index in [1.54, 1.807) is 12.3 Å². The maximum atomic E-state index is 5.09. The van der Waals surface area contributed by atoms with Crippen LogP contribution in [0.2, 0.25) is 0 Å². The summed E-state index contributed by atoms with van der Waals surface area (Å²) in [5.41, 5.74) is 8.18. The van der Waals surface area contributed by atoms with Gasteiger partial charge < -0.3 is 0 Å². The maximum Gasteiger partial charge on any atom is 0.187 e. The lowest BCUT2D eigenvalue weighted by atomic mass is 9.97. The van der Waals surface area contributed by atoms with E-state index >= 15 is 0 Å². The number of pyridine rings is 3. The second-order valence-corrected chi connectivity index (χ2v) is 10.4. The van der Waals surface area contributed by atoms with E-state index in [4.69, 9.17) is 9.97 Å². The SMILES string of the molecule is C=C/C=C\c1c(C)ccc2cc(-c3cccc(-c4nnc(-c5cccc(-c6ccccn6)n5)n4-c4ccccc4)n3)ccc12. The number of benzene rings is 3. The van der Waals surface area contributed by atoms with Crippen LogP contribution in [0.4, 0.5) is 0 Å². The van der Waals surface area contributed by atoms with E-state index in [1.165, 1.54) is 16.5 Å². The fourth-order valence-electron chi connectivity index (χ4n) is 5.38. The monoisotopic (exact) mass is 568 g/mol. The van der Waals surface area contributed by atoms with Crippen molar-refractivity contribution in [3.63, 3.8) is 0 Å². The van der Waals surface area contributed by atoms with E-state index in [9.17, 15) is 0 Å². The largest absolute Gasteiger partial charge is 0.272 e. The molecular weight excluding hydrogens is 540 g/mol. The molecule has 0 N–H and O–H groups in total. The average Bonchev–Trinajstić information content (AvgIpc) is 3.54. The van der Waals surface area contributed by atoms with Crippen LogP contribution in [-0.4, -0.2) is 29.7 Å². The Morgan fingerprint density at radius 2 is 1.32 bits per heavy atom. The Kier molecular flexibility index (Phi) is 7.14. The first kappa shape index (κ1) is 26.9. The Labute approximate surface area is 255 Å². The Morgan fingerprint density at radius 1 is 0.636 bits per heavy atom. The molecule has 3 aromatic carbocycles. The van der Waals surface area contributed by atoms with Gasteiger partial charge in [-0.15, -0.1) is 10.2 Å². The van der Waals surface area contributed by atoms with E-state index in [0.29, 0.717) is 23.0 Å². The molecule has 0 amide bonds. The summed E-state index contributed by atoms with van der Waals surface area (Å²) in [5.74, 6) is 1.25. The third-order valence-electron chi connectivity index (χ3n) is 7.54. The number of rotatable bonds is 7. The second-order valence-electron chi connectivity index (χ2n) is 10.4. The number of fused-ring (bicyclic) bond motifs is 1. The van der Waals surface area contributed by atoms with E-state index in [2.05, 4.69) is 65.1 Å². The van der Waals surface area contributed by atoms with Crippen molar-refractivity contribution in [1.82, 2.24) is 29.7 Å². The van der Waals surface area contributed by atoms with Crippen molar-refractivity contribution in [2.24, 2.45) is 0 Å². The zero-order valence-corrected chi connectivity index (χ0v) is 24.2. The highest BCUT2D eigenvalue weighted by Gasteiger charge is 2.20. The highest BCUT2D eigenvalue weighted by atomic mass is 15.3. The van der Waals surface area contributed by atoms with Gasteiger partial charge in [-0.2, -0.15) is 0 Å². The van der Waals surface area contributed by atoms with Gasteiger partial charge in [0.15, 0.2) is 11.6 Å². The Morgan fingerprint density at radius 3 is 2.05 bits per heavy atom. The smallest absolute Gasteiger partial charge is 0.187 e. The zero-order valence-electron chi connectivity index (χ0n) is 24.2. The fourth-order valence-corrected chi connectivity index (χ4v) is 5.38. The van der Waals surface area contributed by atoms with E-state index in [0.717, 1.165) is 33.7 Å². The lowest BCUT2D eigenvalue weighted by Crippen LogP contribution is -2.03. The summed E-state index contributed by atoms with van der Waals surface area (Å²) in [6.45, 7) is 5.95. The van der Waals surface area contributed by atoms with E-state index in [-0.39, 0.29) is 0 Å². The molecule has 7 aromatic rings. The summed E-state index contributed by atoms with van der Waals surface area (Å²) in [7, 11) is 0. The third kappa shape index (κ3) is 5.10. The normalized spacial score (nSPS) is 11.3. The molecule has 44 heavy (non-hydrogen) atoms. The molecule has 0 saturated heterocycles. The number of aryl methyl sites for hydroxylation is 1. The van der Waals surface area contributed by atoms with Gasteiger partial charge in [0, 0.05) is 17.4 Å². The summed E-state index contributed by atoms with van der Waals surface area (Å²) in [6.07, 6.45) is 7.65. The standard InChI is InChI=1S/C38H28N6/c1-3-4-14-30-26(2)20-21-27-25-28(22-23-31(27)30)32-16-10-18-35(40-32)37-42-43-38(44(37)29-12-6-5-7-13-29)36-19-11-17-34(41-36)33-15-8-9-24-39-33/h3-25H,1H2,2H3/b14-4-. The number of hydrogen-bond acceptors (Lipinski definition) is 5. The first-order valence-electron chi connectivity index (χ1n) is 14.4. The van der Waals surface area contributed by atoms with Gasteiger partial charge in [-0.25, -0.2) is 9.97 Å². The summed E-state index contributed by atoms with van der Waals surface area (Å²) in [4.78, 5) is 14.5. The van der Waals surface area contributed by atoms with Gasteiger partial charge >= 0.3 is 0 Å². The molecule has 7 rings (SSSR count). The molecule has 0 saturated carbocycles. The first-order valence-corrected chi connectivity index (χ1v) is 14.4. The fraction of sp³-hybridized carbons (Fsp3) is 0.0263. The number of allylic oxidation sites excluding steroid dienone is 2. The van der Waals surface area contributed by atoms with Crippen LogP contribution in [0.15, 0.2) is 140 Å². The Balaban J connectivity index is 1.33. The van der Waals surface area contributed by atoms with E-state index in [1.807, 2.05) is 95.6 Å². The predicted octanol–water partition coefficient (Wildman–Crippen LogP) is 8.78. The molecule has 6 heteroatoms. The maximum absolute atomic E-state index is 5.09. The van der Waals surface area contributed by atoms with Crippen LogP contribution >= 0.6 is 0 Å². The van der Waals surface area contributed by atoms with Crippen molar-refractivity contribution in [1.29, 1.82) is 0 Å². The average molecular weight is 569 g/mol. The topological polar surface area (TPSA) is 69.4 Å². The molecule has 0 unspecified atom stereocenters.